The van der Waals surface area contributed by atoms with Crippen molar-refractivity contribution in [2.24, 2.45) is 0 Å². The third kappa shape index (κ3) is 3.10. The second kappa shape index (κ2) is 4.81. The Morgan fingerprint density at radius 3 is 2.47 bits per heavy atom. The van der Waals surface area contributed by atoms with Crippen LogP contribution in [-0.2, 0) is 4.79 Å². The number of halogens is 3. The van der Waals surface area contributed by atoms with E-state index in [9.17, 15) is 18.0 Å². The molecule has 2 fully saturated rings. The van der Waals surface area contributed by atoms with E-state index >= 15 is 0 Å². The minimum absolute atomic E-state index is 0.0325. The molecule has 98 valence electrons. The number of alkyl halides is 3. The number of rotatable bonds is 1. The molecule has 2 atom stereocenters. The summed E-state index contributed by atoms with van der Waals surface area (Å²) in [6.07, 6.45) is -4.20. The van der Waals surface area contributed by atoms with Gasteiger partial charge in [0.25, 0.3) is 0 Å². The topological polar surface area (TPSA) is 44.4 Å². The fourth-order valence-corrected chi connectivity index (χ4v) is 2.42. The van der Waals surface area contributed by atoms with Gasteiger partial charge in [0.1, 0.15) is 6.04 Å². The van der Waals surface area contributed by atoms with Crippen LogP contribution in [0.25, 0.3) is 0 Å². The van der Waals surface area contributed by atoms with Crippen LogP contribution in [0.3, 0.4) is 0 Å². The quantitative estimate of drug-likeness (QED) is 0.695. The largest absolute Gasteiger partial charge is 0.408 e. The molecule has 0 aromatic carbocycles. The van der Waals surface area contributed by atoms with E-state index in [-0.39, 0.29) is 18.9 Å². The van der Waals surface area contributed by atoms with Gasteiger partial charge in [-0.3, -0.25) is 9.69 Å². The molecule has 2 aliphatic rings. The number of hydrogen-bond acceptors (Lipinski definition) is 3. The molecular weight excluding hydrogens is 235 g/mol. The molecule has 0 aromatic rings. The first kappa shape index (κ1) is 12.6. The monoisotopic (exact) mass is 251 g/mol. The van der Waals surface area contributed by atoms with E-state index in [0.717, 1.165) is 13.1 Å². The summed E-state index contributed by atoms with van der Waals surface area (Å²) in [6, 6.07) is -1.97. The highest BCUT2D eigenvalue weighted by atomic mass is 19.4. The SMILES string of the molecule is O=C1CC(N2CCNCC2)CC(C(F)(F)F)N1. The minimum Gasteiger partial charge on any atom is -0.344 e. The number of carbonyl (C=O) groups is 1. The van der Waals surface area contributed by atoms with Crippen molar-refractivity contribution in [2.45, 2.75) is 31.1 Å². The number of carbonyl (C=O) groups excluding carboxylic acids is 1. The zero-order valence-corrected chi connectivity index (χ0v) is 9.39. The Labute approximate surface area is 97.5 Å². The van der Waals surface area contributed by atoms with Crippen LogP contribution in [0.15, 0.2) is 0 Å². The minimum atomic E-state index is -4.34. The molecule has 1 amide bonds. The first-order valence-electron chi connectivity index (χ1n) is 5.77. The first-order chi connectivity index (χ1) is 7.97. The molecule has 4 nitrogen and oxygen atoms in total. The zero-order valence-electron chi connectivity index (χ0n) is 9.39. The van der Waals surface area contributed by atoms with Crippen molar-refractivity contribution < 1.29 is 18.0 Å². The van der Waals surface area contributed by atoms with E-state index in [1.165, 1.54) is 0 Å². The molecule has 0 spiro atoms. The van der Waals surface area contributed by atoms with Crippen molar-refractivity contribution >= 4 is 5.91 Å². The molecule has 17 heavy (non-hydrogen) atoms. The van der Waals surface area contributed by atoms with Crippen molar-refractivity contribution in [3.8, 4) is 0 Å². The lowest BCUT2D eigenvalue weighted by Crippen LogP contribution is -2.58. The molecule has 0 aromatic heterocycles. The Bertz CT molecular complexity index is 289. The molecule has 0 bridgehead atoms. The summed E-state index contributed by atoms with van der Waals surface area (Å²) in [5, 5.41) is 5.16. The molecule has 0 saturated carbocycles. The van der Waals surface area contributed by atoms with Gasteiger partial charge in [-0.2, -0.15) is 13.2 Å². The van der Waals surface area contributed by atoms with Crippen LogP contribution in [-0.4, -0.2) is 55.2 Å². The molecule has 0 aliphatic carbocycles. The lowest BCUT2D eigenvalue weighted by Gasteiger charge is -2.39. The standard InChI is InChI=1S/C10H16F3N3O/c11-10(12,13)8-5-7(6-9(17)15-8)16-3-1-14-2-4-16/h7-8,14H,1-6H2,(H,15,17). The number of piperazine rings is 1. The molecule has 2 saturated heterocycles. The van der Waals surface area contributed by atoms with E-state index in [1.54, 1.807) is 0 Å². The predicted molar refractivity (Wildman–Crippen MR) is 55.5 cm³/mol. The van der Waals surface area contributed by atoms with Crippen molar-refractivity contribution in [2.75, 3.05) is 26.2 Å². The molecule has 2 rings (SSSR count). The summed E-state index contributed by atoms with van der Waals surface area (Å²) in [5.41, 5.74) is 0. The van der Waals surface area contributed by atoms with Crippen molar-refractivity contribution in [3.63, 3.8) is 0 Å². The van der Waals surface area contributed by atoms with Gasteiger partial charge in [-0.05, 0) is 6.42 Å². The Kier molecular flexibility index (Phi) is 3.58. The van der Waals surface area contributed by atoms with Crippen LogP contribution >= 0.6 is 0 Å². The maximum Gasteiger partial charge on any atom is 0.408 e. The summed E-state index contributed by atoms with van der Waals surface area (Å²) in [4.78, 5) is 13.3. The summed E-state index contributed by atoms with van der Waals surface area (Å²) in [6.45, 7) is 2.97. The van der Waals surface area contributed by atoms with Gasteiger partial charge in [-0.1, -0.05) is 0 Å². The normalized spacial score (nSPS) is 32.3. The summed E-state index contributed by atoms with van der Waals surface area (Å²) in [5.74, 6) is -0.498. The molecule has 2 unspecified atom stereocenters. The Morgan fingerprint density at radius 2 is 1.88 bits per heavy atom. The highest BCUT2D eigenvalue weighted by Crippen LogP contribution is 2.28. The lowest BCUT2D eigenvalue weighted by atomic mass is 9.96. The number of nitrogens with one attached hydrogen (secondary N) is 2. The second-order valence-corrected chi connectivity index (χ2v) is 4.54. The third-order valence-corrected chi connectivity index (χ3v) is 3.33. The summed E-state index contributed by atoms with van der Waals surface area (Å²) in [7, 11) is 0. The molecule has 2 N–H and O–H groups in total. The van der Waals surface area contributed by atoms with Crippen LogP contribution in [0.2, 0.25) is 0 Å². The smallest absolute Gasteiger partial charge is 0.344 e. The number of nitrogens with zero attached hydrogens (tertiary/aromatic N) is 1. The van der Waals surface area contributed by atoms with Gasteiger partial charge in [-0.25, -0.2) is 0 Å². The molecule has 7 heteroatoms. The summed E-state index contributed by atoms with van der Waals surface area (Å²) < 4.78 is 37.8. The fourth-order valence-electron chi connectivity index (χ4n) is 2.42. The van der Waals surface area contributed by atoms with E-state index in [0.29, 0.717) is 13.1 Å². The number of hydrogen-bond donors (Lipinski definition) is 2. The van der Waals surface area contributed by atoms with Gasteiger partial charge >= 0.3 is 6.18 Å². The van der Waals surface area contributed by atoms with Crippen LogP contribution < -0.4 is 10.6 Å². The van der Waals surface area contributed by atoms with E-state index < -0.39 is 18.1 Å². The molecule has 2 heterocycles. The number of amides is 1. The van der Waals surface area contributed by atoms with Crippen molar-refractivity contribution in [1.82, 2.24) is 15.5 Å². The average molecular weight is 251 g/mol. The fraction of sp³-hybridized carbons (Fsp3) is 0.900. The predicted octanol–water partition coefficient (Wildman–Crippen LogP) is 0.101. The Morgan fingerprint density at radius 1 is 1.24 bits per heavy atom. The Hall–Kier alpha value is -0.820. The highest BCUT2D eigenvalue weighted by Gasteiger charge is 2.45. The highest BCUT2D eigenvalue weighted by molar-refractivity contribution is 5.78. The van der Waals surface area contributed by atoms with E-state index in [1.807, 2.05) is 10.2 Å². The zero-order chi connectivity index (χ0) is 12.5. The first-order valence-corrected chi connectivity index (χ1v) is 5.77. The van der Waals surface area contributed by atoms with Crippen LogP contribution in [0.5, 0.6) is 0 Å². The third-order valence-electron chi connectivity index (χ3n) is 3.33. The van der Waals surface area contributed by atoms with E-state index in [2.05, 4.69) is 5.32 Å². The Balaban J connectivity index is 2.00. The van der Waals surface area contributed by atoms with Gasteiger partial charge in [0.2, 0.25) is 5.91 Å². The van der Waals surface area contributed by atoms with Gasteiger partial charge in [0.15, 0.2) is 0 Å². The van der Waals surface area contributed by atoms with Crippen LogP contribution in [0.4, 0.5) is 13.2 Å². The average Bonchev–Trinajstić information content (AvgIpc) is 2.28. The second-order valence-electron chi connectivity index (χ2n) is 4.54. The van der Waals surface area contributed by atoms with Crippen molar-refractivity contribution in [1.29, 1.82) is 0 Å². The van der Waals surface area contributed by atoms with Crippen LogP contribution in [0, 0.1) is 0 Å². The van der Waals surface area contributed by atoms with Gasteiger partial charge in [-0.15, -0.1) is 0 Å². The van der Waals surface area contributed by atoms with E-state index in [4.69, 9.17) is 0 Å². The molecule has 0 radical (unpaired) electrons. The lowest BCUT2D eigenvalue weighted by molar-refractivity contribution is -0.171. The van der Waals surface area contributed by atoms with Gasteiger partial charge in [0, 0.05) is 38.6 Å². The number of piperidine rings is 1. The van der Waals surface area contributed by atoms with Gasteiger partial charge in [0.05, 0.1) is 0 Å². The van der Waals surface area contributed by atoms with Crippen molar-refractivity contribution in [3.05, 3.63) is 0 Å². The summed E-state index contributed by atoms with van der Waals surface area (Å²) >= 11 is 0. The molecular formula is C10H16F3N3O. The molecule has 2 aliphatic heterocycles. The van der Waals surface area contributed by atoms with Gasteiger partial charge < -0.3 is 10.6 Å². The van der Waals surface area contributed by atoms with Crippen LogP contribution in [0.1, 0.15) is 12.8 Å². The maximum absolute atomic E-state index is 12.6. The maximum atomic E-state index is 12.6.